The van der Waals surface area contributed by atoms with Gasteiger partial charge in [0.2, 0.25) is 0 Å². The molecule has 53 heavy (non-hydrogen) atoms. The summed E-state index contributed by atoms with van der Waals surface area (Å²) in [6, 6.07) is 37.1. The number of allylic oxidation sites excluding steroid dienone is 9. The van der Waals surface area contributed by atoms with Gasteiger partial charge in [0.15, 0.2) is 0 Å². The molecule has 6 aliphatic rings. The first-order valence-electron chi connectivity index (χ1n) is 19.7. The van der Waals surface area contributed by atoms with E-state index in [-0.39, 0.29) is 17.9 Å². The highest BCUT2D eigenvalue weighted by molar-refractivity contribution is 5.95. The minimum absolute atomic E-state index is 0.188. The molecule has 258 valence electrons. The van der Waals surface area contributed by atoms with Crippen molar-refractivity contribution in [3.63, 3.8) is 0 Å². The van der Waals surface area contributed by atoms with Gasteiger partial charge in [0, 0.05) is 18.1 Å². The Labute approximate surface area is 313 Å². The third-order valence-electron chi connectivity index (χ3n) is 12.6. The van der Waals surface area contributed by atoms with E-state index in [2.05, 4.69) is 159 Å². The SMILES string of the molecule is Cc1ccc(C2=c3ccccc3=C(C3=c4ccccc4=C(c4ccc(C5=CC=NC(C6=C7C=CCCC7CC=C6)C5)cc4)C4C=CC=CC34)CC2)cc1. The Morgan fingerprint density at radius 1 is 0.585 bits per heavy atom. The van der Waals surface area contributed by atoms with Crippen molar-refractivity contribution in [1.29, 1.82) is 0 Å². The largest absolute Gasteiger partial charge is 0.285 e. The number of aliphatic imine (C=N–C) groups is 1. The fourth-order valence-corrected chi connectivity index (χ4v) is 10.0. The molecule has 0 aromatic heterocycles. The number of fused-ring (bicyclic) bond motifs is 4. The van der Waals surface area contributed by atoms with Gasteiger partial charge in [-0.25, -0.2) is 0 Å². The lowest BCUT2D eigenvalue weighted by atomic mass is 9.68. The molecule has 1 aliphatic heterocycles. The van der Waals surface area contributed by atoms with Crippen LogP contribution in [0.3, 0.4) is 0 Å². The predicted molar refractivity (Wildman–Crippen MR) is 223 cm³/mol. The number of aryl methyl sites for hydroxylation is 1. The monoisotopic (exact) mass is 683 g/mol. The maximum absolute atomic E-state index is 5.00. The minimum atomic E-state index is 0.188. The van der Waals surface area contributed by atoms with Gasteiger partial charge >= 0.3 is 0 Å². The third kappa shape index (κ3) is 5.66. The Bertz CT molecular complexity index is 2610. The van der Waals surface area contributed by atoms with Crippen LogP contribution in [0.5, 0.6) is 0 Å². The molecule has 0 fully saturated rings. The summed E-state index contributed by atoms with van der Waals surface area (Å²) < 4.78 is 0. The Hall–Kier alpha value is -5.53. The van der Waals surface area contributed by atoms with Gasteiger partial charge in [-0.05, 0) is 134 Å². The Kier molecular flexibility index (Phi) is 8.17. The summed E-state index contributed by atoms with van der Waals surface area (Å²) in [7, 11) is 0. The second-order valence-corrected chi connectivity index (χ2v) is 15.6. The normalized spacial score (nSPS) is 24.1. The molecule has 4 atom stereocenters. The zero-order valence-electron chi connectivity index (χ0n) is 30.5. The van der Waals surface area contributed by atoms with E-state index in [0.29, 0.717) is 5.92 Å². The van der Waals surface area contributed by atoms with Crippen molar-refractivity contribution in [2.24, 2.45) is 22.7 Å². The van der Waals surface area contributed by atoms with E-state index in [1.54, 1.807) is 0 Å². The molecule has 1 heteroatoms. The molecule has 0 N–H and O–H groups in total. The maximum Gasteiger partial charge on any atom is 0.0792 e. The summed E-state index contributed by atoms with van der Waals surface area (Å²) >= 11 is 0. The lowest BCUT2D eigenvalue weighted by Gasteiger charge is -2.35. The van der Waals surface area contributed by atoms with Gasteiger partial charge in [0.05, 0.1) is 6.04 Å². The molecule has 5 aliphatic carbocycles. The molecule has 10 rings (SSSR count). The Morgan fingerprint density at radius 3 is 1.98 bits per heavy atom. The number of rotatable bonds is 5. The summed E-state index contributed by atoms with van der Waals surface area (Å²) in [4.78, 5) is 5.00. The van der Waals surface area contributed by atoms with E-state index in [9.17, 15) is 0 Å². The van der Waals surface area contributed by atoms with Crippen LogP contribution in [0.2, 0.25) is 0 Å². The van der Waals surface area contributed by atoms with Crippen molar-refractivity contribution in [1.82, 2.24) is 0 Å². The third-order valence-corrected chi connectivity index (χ3v) is 12.6. The molecule has 4 aromatic carbocycles. The zero-order chi connectivity index (χ0) is 35.3. The van der Waals surface area contributed by atoms with Crippen molar-refractivity contribution >= 4 is 34.1 Å². The van der Waals surface area contributed by atoms with Crippen LogP contribution in [0.4, 0.5) is 0 Å². The quantitative estimate of drug-likeness (QED) is 0.199. The molecule has 4 unspecified atom stereocenters. The Balaban J connectivity index is 1.08. The molecule has 0 radical (unpaired) electrons. The zero-order valence-corrected chi connectivity index (χ0v) is 30.5. The fourth-order valence-electron chi connectivity index (χ4n) is 10.0. The van der Waals surface area contributed by atoms with Crippen LogP contribution in [0.15, 0.2) is 168 Å². The first kappa shape index (κ1) is 32.1. The van der Waals surface area contributed by atoms with Crippen LogP contribution in [0.1, 0.15) is 60.8 Å². The molecule has 0 bridgehead atoms. The molecule has 0 spiro atoms. The molecule has 0 saturated heterocycles. The smallest absolute Gasteiger partial charge is 0.0792 e. The Morgan fingerprint density at radius 2 is 1.21 bits per heavy atom. The van der Waals surface area contributed by atoms with E-state index >= 15 is 0 Å². The molecular formula is C52H45N. The first-order chi connectivity index (χ1) is 26.2. The number of hydrogen-bond acceptors (Lipinski definition) is 1. The van der Waals surface area contributed by atoms with Crippen molar-refractivity contribution in [3.8, 4) is 0 Å². The van der Waals surface area contributed by atoms with Crippen LogP contribution >= 0.6 is 0 Å². The van der Waals surface area contributed by atoms with Gasteiger partial charge in [-0.2, -0.15) is 0 Å². The highest BCUT2D eigenvalue weighted by atomic mass is 14.8. The molecule has 1 heterocycles. The van der Waals surface area contributed by atoms with E-state index in [1.165, 1.54) is 95.0 Å². The molecule has 0 amide bonds. The van der Waals surface area contributed by atoms with Crippen LogP contribution in [0, 0.1) is 24.7 Å². The maximum atomic E-state index is 5.00. The van der Waals surface area contributed by atoms with Crippen molar-refractivity contribution in [2.75, 3.05) is 0 Å². The topological polar surface area (TPSA) is 12.4 Å². The van der Waals surface area contributed by atoms with Gasteiger partial charge in [-0.1, -0.05) is 151 Å². The van der Waals surface area contributed by atoms with Crippen LogP contribution in [-0.2, 0) is 0 Å². The second kappa shape index (κ2) is 13.5. The van der Waals surface area contributed by atoms with E-state index < -0.39 is 0 Å². The summed E-state index contributed by atoms with van der Waals surface area (Å²) in [6.07, 6.45) is 29.8. The van der Waals surface area contributed by atoms with E-state index in [4.69, 9.17) is 4.99 Å². The minimum Gasteiger partial charge on any atom is -0.285 e. The molecular weight excluding hydrogens is 639 g/mol. The first-order valence-corrected chi connectivity index (χ1v) is 19.7. The van der Waals surface area contributed by atoms with Gasteiger partial charge in [-0.15, -0.1) is 0 Å². The van der Waals surface area contributed by atoms with E-state index in [1.807, 2.05) is 6.21 Å². The van der Waals surface area contributed by atoms with E-state index in [0.717, 1.165) is 25.7 Å². The standard InChI is InChI=1S/C52H45N/c1-34-21-23-37(24-22-34)41-29-30-49(43-15-5-4-14-42(41)43)52-47-18-8-6-16-45(47)51(46-17-7-9-19-48(46)52)38-27-25-35(26-28-38)39-31-32-53-50(33-39)44-20-10-12-36-11-2-3-13-40(36)44/h3-10,13-28,31-32,36,45,47,50H,2,11-12,29-30,33H2,1H3. The molecule has 0 saturated carbocycles. The highest BCUT2D eigenvalue weighted by Crippen LogP contribution is 2.43. The highest BCUT2D eigenvalue weighted by Gasteiger charge is 2.34. The van der Waals surface area contributed by atoms with Gasteiger partial charge in [-0.3, -0.25) is 4.99 Å². The van der Waals surface area contributed by atoms with Gasteiger partial charge in [0.1, 0.15) is 0 Å². The number of nitrogens with zero attached hydrogens (tertiary/aromatic N) is 1. The number of dihydropyridines is 1. The second-order valence-electron chi connectivity index (χ2n) is 15.6. The van der Waals surface area contributed by atoms with Crippen LogP contribution in [0.25, 0.3) is 27.9 Å². The predicted octanol–water partition coefficient (Wildman–Crippen LogP) is 9.01. The number of benzene rings is 4. The van der Waals surface area contributed by atoms with Gasteiger partial charge < -0.3 is 0 Å². The summed E-state index contributed by atoms with van der Waals surface area (Å²) in [6.45, 7) is 2.17. The summed E-state index contributed by atoms with van der Waals surface area (Å²) in [5.74, 6) is 1.21. The average molecular weight is 684 g/mol. The lowest BCUT2D eigenvalue weighted by molar-refractivity contribution is 0.553. The van der Waals surface area contributed by atoms with Crippen molar-refractivity contribution in [3.05, 3.63) is 206 Å². The molecule has 1 nitrogen and oxygen atoms in total. The van der Waals surface area contributed by atoms with Crippen LogP contribution in [-0.4, -0.2) is 12.3 Å². The van der Waals surface area contributed by atoms with Crippen molar-refractivity contribution in [2.45, 2.75) is 51.5 Å². The average Bonchev–Trinajstić information content (AvgIpc) is 3.23. The van der Waals surface area contributed by atoms with Crippen molar-refractivity contribution < 1.29 is 0 Å². The summed E-state index contributed by atoms with van der Waals surface area (Å²) in [5.41, 5.74) is 15.5. The van der Waals surface area contributed by atoms with Crippen LogP contribution < -0.4 is 20.9 Å². The van der Waals surface area contributed by atoms with Gasteiger partial charge in [0.25, 0.3) is 0 Å². The summed E-state index contributed by atoms with van der Waals surface area (Å²) in [5, 5.41) is 5.53. The number of hydrogen-bond donors (Lipinski definition) is 0. The fraction of sp³-hybridized carbons (Fsp3) is 0.212. The lowest BCUT2D eigenvalue weighted by Crippen LogP contribution is -2.42. The molecule has 4 aromatic rings.